The third-order valence-corrected chi connectivity index (χ3v) is 3.26. The number of rotatable bonds is 4. The van der Waals surface area contributed by atoms with Crippen molar-refractivity contribution in [1.82, 2.24) is 10.6 Å². The lowest BCUT2D eigenvalue weighted by molar-refractivity contribution is -0.143. The van der Waals surface area contributed by atoms with E-state index in [4.69, 9.17) is 9.47 Å². The number of methoxy groups -OCH3 is 1. The summed E-state index contributed by atoms with van der Waals surface area (Å²) >= 11 is 0. The minimum Gasteiger partial charge on any atom is -0.497 e. The molecular weight excluding hydrogens is 284 g/mol. The van der Waals surface area contributed by atoms with Gasteiger partial charge in [0.05, 0.1) is 24.8 Å². The van der Waals surface area contributed by atoms with E-state index in [0.29, 0.717) is 17.0 Å². The summed E-state index contributed by atoms with van der Waals surface area (Å²) in [5, 5.41) is 5.36. The van der Waals surface area contributed by atoms with Crippen molar-refractivity contribution in [2.24, 2.45) is 0 Å². The highest BCUT2D eigenvalue weighted by Gasteiger charge is 2.32. The van der Waals surface area contributed by atoms with E-state index in [1.165, 1.54) is 0 Å². The van der Waals surface area contributed by atoms with Crippen LogP contribution in [0.5, 0.6) is 5.75 Å². The van der Waals surface area contributed by atoms with Gasteiger partial charge in [-0.15, -0.1) is 0 Å². The number of amides is 2. The van der Waals surface area contributed by atoms with Crippen molar-refractivity contribution in [3.05, 3.63) is 41.1 Å². The molecule has 22 heavy (non-hydrogen) atoms. The molecule has 2 rings (SSSR count). The molecule has 0 saturated carbocycles. The van der Waals surface area contributed by atoms with E-state index < -0.39 is 12.0 Å². The molecule has 0 bridgehead atoms. The zero-order chi connectivity index (χ0) is 16.3. The Morgan fingerprint density at radius 3 is 2.68 bits per heavy atom. The number of esters is 1. The molecule has 0 aliphatic carbocycles. The first-order valence-electron chi connectivity index (χ1n) is 7.05. The van der Waals surface area contributed by atoms with Gasteiger partial charge in [0.2, 0.25) is 0 Å². The van der Waals surface area contributed by atoms with Gasteiger partial charge in [0.15, 0.2) is 0 Å². The topological polar surface area (TPSA) is 76.7 Å². The predicted molar refractivity (Wildman–Crippen MR) is 81.3 cm³/mol. The molecule has 0 unspecified atom stereocenters. The van der Waals surface area contributed by atoms with Crippen LogP contribution >= 0.6 is 0 Å². The summed E-state index contributed by atoms with van der Waals surface area (Å²) in [5.74, 6) is 0.201. The summed E-state index contributed by atoms with van der Waals surface area (Å²) in [5.41, 5.74) is 1.63. The fourth-order valence-corrected chi connectivity index (χ4v) is 2.31. The Hall–Kier alpha value is -2.50. The monoisotopic (exact) mass is 304 g/mol. The van der Waals surface area contributed by atoms with Crippen LogP contribution in [0.1, 0.15) is 32.4 Å². The summed E-state index contributed by atoms with van der Waals surface area (Å²) in [4.78, 5) is 24.1. The number of benzene rings is 1. The zero-order valence-corrected chi connectivity index (χ0v) is 13.1. The molecule has 0 aromatic heterocycles. The SMILES string of the molecule is COc1cccc([C@H]2NC(=O)NC(C)=C2C(=O)OC(C)C)c1. The first-order chi connectivity index (χ1) is 10.4. The van der Waals surface area contributed by atoms with Gasteiger partial charge < -0.3 is 20.1 Å². The minimum absolute atomic E-state index is 0.239. The summed E-state index contributed by atoms with van der Waals surface area (Å²) in [6.07, 6.45) is -0.239. The number of carbonyl (C=O) groups is 2. The van der Waals surface area contributed by atoms with Gasteiger partial charge in [0.25, 0.3) is 0 Å². The number of allylic oxidation sites excluding steroid dienone is 1. The molecule has 6 heteroatoms. The van der Waals surface area contributed by atoms with Crippen molar-refractivity contribution >= 4 is 12.0 Å². The minimum atomic E-state index is -0.574. The van der Waals surface area contributed by atoms with Crippen LogP contribution in [0.4, 0.5) is 4.79 Å². The van der Waals surface area contributed by atoms with E-state index in [2.05, 4.69) is 10.6 Å². The van der Waals surface area contributed by atoms with Crippen LogP contribution in [0.2, 0.25) is 0 Å². The maximum absolute atomic E-state index is 12.4. The van der Waals surface area contributed by atoms with Crippen LogP contribution in [-0.2, 0) is 9.53 Å². The smallest absolute Gasteiger partial charge is 0.338 e. The summed E-state index contributed by atoms with van der Waals surface area (Å²) in [6, 6.07) is 6.29. The van der Waals surface area contributed by atoms with Crippen molar-refractivity contribution < 1.29 is 19.1 Å². The molecule has 118 valence electrons. The molecule has 2 amide bonds. The molecule has 1 aliphatic heterocycles. The molecule has 1 aromatic carbocycles. The van der Waals surface area contributed by atoms with Crippen LogP contribution in [0, 0.1) is 0 Å². The standard InChI is InChI=1S/C16H20N2O4/c1-9(2)22-15(19)13-10(3)17-16(20)18-14(13)11-6-5-7-12(8-11)21-4/h5-9,14H,1-4H3,(H2,17,18,20)/t14-/m1/s1. The largest absolute Gasteiger partial charge is 0.497 e. The van der Waals surface area contributed by atoms with Crippen molar-refractivity contribution in [3.8, 4) is 5.75 Å². The van der Waals surface area contributed by atoms with Gasteiger partial charge in [-0.2, -0.15) is 0 Å². The quantitative estimate of drug-likeness (QED) is 0.837. The summed E-state index contributed by atoms with van der Waals surface area (Å²) in [7, 11) is 1.56. The second-order valence-corrected chi connectivity index (χ2v) is 5.30. The molecule has 6 nitrogen and oxygen atoms in total. The lowest BCUT2D eigenvalue weighted by Crippen LogP contribution is -2.45. The lowest BCUT2D eigenvalue weighted by Gasteiger charge is -2.28. The zero-order valence-electron chi connectivity index (χ0n) is 13.1. The maximum Gasteiger partial charge on any atom is 0.338 e. The Bertz CT molecular complexity index is 622. The Labute approximate surface area is 129 Å². The average Bonchev–Trinajstić information content (AvgIpc) is 2.45. The maximum atomic E-state index is 12.4. The van der Waals surface area contributed by atoms with E-state index in [0.717, 1.165) is 5.56 Å². The Balaban J connectivity index is 2.43. The summed E-state index contributed by atoms with van der Waals surface area (Å²) in [6.45, 7) is 5.25. The second kappa shape index (κ2) is 6.51. The van der Waals surface area contributed by atoms with Crippen molar-refractivity contribution in [2.45, 2.75) is 32.9 Å². The Morgan fingerprint density at radius 1 is 1.32 bits per heavy atom. The lowest BCUT2D eigenvalue weighted by atomic mass is 9.95. The Morgan fingerprint density at radius 2 is 2.05 bits per heavy atom. The number of urea groups is 1. The molecule has 0 radical (unpaired) electrons. The van der Waals surface area contributed by atoms with Gasteiger partial charge in [-0.3, -0.25) is 0 Å². The van der Waals surface area contributed by atoms with Gasteiger partial charge in [0, 0.05) is 5.70 Å². The van der Waals surface area contributed by atoms with E-state index in [1.54, 1.807) is 40.0 Å². The van der Waals surface area contributed by atoms with E-state index >= 15 is 0 Å². The van der Waals surface area contributed by atoms with E-state index in [-0.39, 0.29) is 12.1 Å². The number of nitrogens with one attached hydrogen (secondary N) is 2. The molecule has 1 heterocycles. The van der Waals surface area contributed by atoms with Crippen molar-refractivity contribution in [1.29, 1.82) is 0 Å². The van der Waals surface area contributed by atoms with Crippen LogP contribution in [-0.4, -0.2) is 25.2 Å². The molecule has 0 fully saturated rings. The molecule has 1 atom stereocenters. The fraction of sp³-hybridized carbons (Fsp3) is 0.375. The summed E-state index contributed by atoms with van der Waals surface area (Å²) < 4.78 is 10.5. The van der Waals surface area contributed by atoms with Gasteiger partial charge >= 0.3 is 12.0 Å². The normalized spacial score (nSPS) is 17.9. The highest BCUT2D eigenvalue weighted by molar-refractivity contribution is 5.95. The third kappa shape index (κ3) is 3.39. The number of carbonyl (C=O) groups excluding carboxylic acids is 2. The molecule has 1 aromatic rings. The fourth-order valence-electron chi connectivity index (χ4n) is 2.31. The van der Waals surface area contributed by atoms with Crippen LogP contribution in [0.15, 0.2) is 35.5 Å². The van der Waals surface area contributed by atoms with Crippen LogP contribution < -0.4 is 15.4 Å². The molecular formula is C16H20N2O4. The number of hydrogen-bond acceptors (Lipinski definition) is 4. The molecule has 0 saturated heterocycles. The van der Waals surface area contributed by atoms with Gasteiger partial charge in [0.1, 0.15) is 5.75 Å². The average molecular weight is 304 g/mol. The third-order valence-electron chi connectivity index (χ3n) is 3.26. The van der Waals surface area contributed by atoms with Gasteiger partial charge in [-0.05, 0) is 38.5 Å². The molecule has 1 aliphatic rings. The second-order valence-electron chi connectivity index (χ2n) is 5.30. The number of ether oxygens (including phenoxy) is 2. The van der Waals surface area contributed by atoms with E-state index in [9.17, 15) is 9.59 Å². The first-order valence-corrected chi connectivity index (χ1v) is 7.05. The molecule has 0 spiro atoms. The Kier molecular flexibility index (Phi) is 4.70. The van der Waals surface area contributed by atoms with Crippen LogP contribution in [0.3, 0.4) is 0 Å². The van der Waals surface area contributed by atoms with Gasteiger partial charge in [-0.25, -0.2) is 9.59 Å². The van der Waals surface area contributed by atoms with Gasteiger partial charge in [-0.1, -0.05) is 12.1 Å². The van der Waals surface area contributed by atoms with Crippen molar-refractivity contribution in [3.63, 3.8) is 0 Å². The predicted octanol–water partition coefficient (Wildman–Crippen LogP) is 2.27. The highest BCUT2D eigenvalue weighted by atomic mass is 16.5. The van der Waals surface area contributed by atoms with Crippen LogP contribution in [0.25, 0.3) is 0 Å². The highest BCUT2D eigenvalue weighted by Crippen LogP contribution is 2.29. The van der Waals surface area contributed by atoms with E-state index in [1.807, 2.05) is 12.1 Å². The number of hydrogen-bond donors (Lipinski definition) is 2. The first kappa shape index (κ1) is 15.9. The van der Waals surface area contributed by atoms with Crippen molar-refractivity contribution in [2.75, 3.05) is 7.11 Å². The molecule has 2 N–H and O–H groups in total.